The Morgan fingerprint density at radius 3 is 2.75 bits per heavy atom. The molecule has 0 atom stereocenters. The average molecular weight is 297 g/mol. The molecule has 1 heterocycles. The van der Waals surface area contributed by atoms with Crippen LogP contribution in [0.1, 0.15) is 25.2 Å². The number of nitrogens with zero attached hydrogens (tertiary/aromatic N) is 1. The Morgan fingerprint density at radius 1 is 1.35 bits per heavy atom. The lowest BCUT2D eigenvalue weighted by Crippen LogP contribution is -1.96. The fourth-order valence-electron chi connectivity index (χ4n) is 1.84. The summed E-state index contributed by atoms with van der Waals surface area (Å²) in [4.78, 5) is 14.8. The van der Waals surface area contributed by atoms with E-state index in [1.807, 2.05) is 0 Å². The fourth-order valence-corrected chi connectivity index (χ4v) is 2.49. The first-order chi connectivity index (χ1) is 9.36. The molecule has 1 aromatic carbocycles. The molecule has 0 aliphatic rings. The van der Waals surface area contributed by atoms with Crippen LogP contribution in [0.2, 0.25) is 0 Å². The molecule has 0 saturated heterocycles. The SMILES string of the molecule is CS(=O)(=O)c1ccc2oc(CCCCC(=O)O)nc2c1. The minimum atomic E-state index is -3.26. The van der Waals surface area contributed by atoms with Gasteiger partial charge in [-0.3, -0.25) is 4.79 Å². The number of fused-ring (bicyclic) bond motifs is 1. The number of hydrogen-bond acceptors (Lipinski definition) is 5. The molecule has 2 aromatic rings. The van der Waals surface area contributed by atoms with Crippen LogP contribution in [-0.4, -0.2) is 30.7 Å². The lowest BCUT2D eigenvalue weighted by molar-refractivity contribution is -0.137. The van der Waals surface area contributed by atoms with Crippen LogP contribution in [0.5, 0.6) is 0 Å². The number of carbonyl (C=O) groups is 1. The van der Waals surface area contributed by atoms with Crippen molar-refractivity contribution in [3.8, 4) is 0 Å². The van der Waals surface area contributed by atoms with E-state index in [-0.39, 0.29) is 11.3 Å². The van der Waals surface area contributed by atoms with Gasteiger partial charge >= 0.3 is 5.97 Å². The maximum absolute atomic E-state index is 11.4. The van der Waals surface area contributed by atoms with Gasteiger partial charge in [0.25, 0.3) is 0 Å². The average Bonchev–Trinajstić information content (AvgIpc) is 2.74. The second-order valence-corrected chi connectivity index (χ2v) is 6.63. The zero-order valence-corrected chi connectivity index (χ0v) is 11.8. The predicted octanol–water partition coefficient (Wildman–Crippen LogP) is 2.03. The van der Waals surface area contributed by atoms with Crippen LogP contribution in [-0.2, 0) is 21.1 Å². The highest BCUT2D eigenvalue weighted by molar-refractivity contribution is 7.90. The summed E-state index contributed by atoms with van der Waals surface area (Å²) in [6.07, 6.45) is 3.02. The normalized spacial score (nSPS) is 11.8. The Morgan fingerprint density at radius 2 is 2.10 bits per heavy atom. The summed E-state index contributed by atoms with van der Waals surface area (Å²) in [5.74, 6) is -0.323. The predicted molar refractivity (Wildman–Crippen MR) is 72.3 cm³/mol. The smallest absolute Gasteiger partial charge is 0.303 e. The number of aromatic nitrogens is 1. The molecule has 108 valence electrons. The molecule has 1 aromatic heterocycles. The first-order valence-electron chi connectivity index (χ1n) is 6.17. The van der Waals surface area contributed by atoms with Crippen molar-refractivity contribution in [3.05, 3.63) is 24.1 Å². The van der Waals surface area contributed by atoms with Crippen LogP contribution in [0, 0.1) is 0 Å². The largest absolute Gasteiger partial charge is 0.481 e. The van der Waals surface area contributed by atoms with Gasteiger partial charge in [-0.1, -0.05) is 0 Å². The summed E-state index contributed by atoms with van der Waals surface area (Å²) in [7, 11) is -3.26. The van der Waals surface area contributed by atoms with E-state index in [1.54, 1.807) is 6.07 Å². The molecule has 7 heteroatoms. The maximum atomic E-state index is 11.4. The Balaban J connectivity index is 2.11. The Bertz CT molecular complexity index is 732. The first kappa shape index (κ1) is 14.5. The quantitative estimate of drug-likeness (QED) is 0.819. The third-order valence-electron chi connectivity index (χ3n) is 2.86. The summed E-state index contributed by atoms with van der Waals surface area (Å²) in [5, 5.41) is 8.54. The second-order valence-electron chi connectivity index (χ2n) is 4.61. The van der Waals surface area contributed by atoms with E-state index >= 15 is 0 Å². The fraction of sp³-hybridized carbons (Fsp3) is 0.385. The molecular formula is C13H15NO5S. The molecule has 0 unspecified atom stereocenters. The van der Waals surface area contributed by atoms with Crippen molar-refractivity contribution in [1.82, 2.24) is 4.98 Å². The first-order valence-corrected chi connectivity index (χ1v) is 8.07. The third-order valence-corrected chi connectivity index (χ3v) is 3.97. The lowest BCUT2D eigenvalue weighted by Gasteiger charge is -1.95. The highest BCUT2D eigenvalue weighted by Crippen LogP contribution is 2.20. The number of benzene rings is 1. The van der Waals surface area contributed by atoms with Gasteiger partial charge in [0.2, 0.25) is 0 Å². The molecule has 0 aliphatic heterocycles. The number of aliphatic carboxylic acids is 1. The van der Waals surface area contributed by atoms with Crippen molar-refractivity contribution in [3.63, 3.8) is 0 Å². The van der Waals surface area contributed by atoms with Crippen molar-refractivity contribution in [2.75, 3.05) is 6.26 Å². The summed E-state index contributed by atoms with van der Waals surface area (Å²) < 4.78 is 28.4. The molecule has 0 saturated carbocycles. The molecule has 2 rings (SSSR count). The molecule has 20 heavy (non-hydrogen) atoms. The van der Waals surface area contributed by atoms with Crippen LogP contribution in [0.3, 0.4) is 0 Å². The van der Waals surface area contributed by atoms with Crippen molar-refractivity contribution in [2.45, 2.75) is 30.6 Å². The monoisotopic (exact) mass is 297 g/mol. The second kappa shape index (κ2) is 5.62. The minimum Gasteiger partial charge on any atom is -0.481 e. The molecule has 0 fully saturated rings. The number of hydrogen-bond donors (Lipinski definition) is 1. The summed E-state index contributed by atoms with van der Waals surface area (Å²) in [5.41, 5.74) is 1.03. The Kier molecular flexibility index (Phi) is 4.08. The molecule has 0 aliphatic carbocycles. The zero-order valence-electron chi connectivity index (χ0n) is 11.0. The molecule has 6 nitrogen and oxygen atoms in total. The summed E-state index contributed by atoms with van der Waals surface area (Å²) >= 11 is 0. The highest BCUT2D eigenvalue weighted by Gasteiger charge is 2.11. The standard InChI is InChI=1S/C13H15NO5S/c1-20(17,18)9-6-7-11-10(8-9)14-12(19-11)4-2-3-5-13(15)16/h6-8H,2-5H2,1H3,(H,15,16). The van der Waals surface area contributed by atoms with Crippen molar-refractivity contribution >= 4 is 26.9 Å². The van der Waals surface area contributed by atoms with E-state index in [0.29, 0.717) is 36.3 Å². The van der Waals surface area contributed by atoms with Crippen LogP contribution in [0.4, 0.5) is 0 Å². The van der Waals surface area contributed by atoms with Gasteiger partial charge < -0.3 is 9.52 Å². The topological polar surface area (TPSA) is 97.5 Å². The van der Waals surface area contributed by atoms with Crippen LogP contribution >= 0.6 is 0 Å². The third kappa shape index (κ3) is 3.57. The number of sulfone groups is 1. The highest BCUT2D eigenvalue weighted by atomic mass is 32.2. The van der Waals surface area contributed by atoms with Crippen molar-refractivity contribution in [1.29, 1.82) is 0 Å². The van der Waals surface area contributed by atoms with Gasteiger partial charge in [0.15, 0.2) is 21.3 Å². The van der Waals surface area contributed by atoms with Crippen molar-refractivity contribution in [2.24, 2.45) is 0 Å². The van der Waals surface area contributed by atoms with Gasteiger partial charge in [-0.05, 0) is 31.0 Å². The maximum Gasteiger partial charge on any atom is 0.303 e. The van der Waals surface area contributed by atoms with Gasteiger partial charge in [0.05, 0.1) is 4.90 Å². The number of unbranched alkanes of at least 4 members (excludes halogenated alkanes) is 1. The van der Waals surface area contributed by atoms with Gasteiger partial charge in [-0.25, -0.2) is 13.4 Å². The minimum absolute atomic E-state index is 0.123. The Labute approximate surface area is 116 Å². The zero-order chi connectivity index (χ0) is 14.8. The van der Waals surface area contributed by atoms with Gasteiger partial charge in [-0.2, -0.15) is 0 Å². The van der Waals surface area contributed by atoms with Gasteiger partial charge in [0, 0.05) is 19.1 Å². The lowest BCUT2D eigenvalue weighted by atomic mass is 10.2. The van der Waals surface area contributed by atoms with Crippen LogP contribution < -0.4 is 0 Å². The summed E-state index contributed by atoms with van der Waals surface area (Å²) in [6.45, 7) is 0. The van der Waals surface area contributed by atoms with Crippen LogP contribution in [0.25, 0.3) is 11.1 Å². The van der Waals surface area contributed by atoms with E-state index in [2.05, 4.69) is 4.98 Å². The van der Waals surface area contributed by atoms with E-state index < -0.39 is 15.8 Å². The molecule has 0 amide bonds. The molecule has 1 N–H and O–H groups in total. The molecule has 0 radical (unpaired) electrons. The van der Waals surface area contributed by atoms with Crippen LogP contribution in [0.15, 0.2) is 27.5 Å². The van der Waals surface area contributed by atoms with E-state index in [1.165, 1.54) is 12.1 Å². The van der Waals surface area contributed by atoms with Crippen molar-refractivity contribution < 1.29 is 22.7 Å². The van der Waals surface area contributed by atoms with Gasteiger partial charge in [-0.15, -0.1) is 0 Å². The van der Waals surface area contributed by atoms with E-state index in [9.17, 15) is 13.2 Å². The van der Waals surface area contributed by atoms with E-state index in [0.717, 1.165) is 6.26 Å². The summed E-state index contributed by atoms with van der Waals surface area (Å²) in [6, 6.07) is 4.55. The van der Waals surface area contributed by atoms with Gasteiger partial charge in [0.1, 0.15) is 5.52 Å². The Hall–Kier alpha value is -1.89. The number of oxazole rings is 1. The molecular weight excluding hydrogens is 282 g/mol. The number of rotatable bonds is 6. The van der Waals surface area contributed by atoms with E-state index in [4.69, 9.17) is 9.52 Å². The molecule has 0 spiro atoms. The number of carboxylic acids is 1. The number of carboxylic acid groups (broad SMARTS) is 1. The molecule has 0 bridgehead atoms. The number of aryl methyl sites for hydroxylation is 1.